The highest BCUT2D eigenvalue weighted by Gasteiger charge is 2.13. The fourth-order valence-corrected chi connectivity index (χ4v) is 3.47. The molecule has 0 aliphatic heterocycles. The van der Waals surface area contributed by atoms with E-state index in [4.69, 9.17) is 5.14 Å². The van der Waals surface area contributed by atoms with Crippen molar-refractivity contribution in [3.63, 3.8) is 0 Å². The highest BCUT2D eigenvalue weighted by atomic mass is 32.2. The summed E-state index contributed by atoms with van der Waals surface area (Å²) in [6.45, 7) is 0. The molecule has 27 heavy (non-hydrogen) atoms. The van der Waals surface area contributed by atoms with E-state index >= 15 is 0 Å². The van der Waals surface area contributed by atoms with E-state index in [0.717, 1.165) is 16.3 Å². The molecule has 0 aliphatic rings. The Morgan fingerprint density at radius 1 is 0.741 bits per heavy atom. The quantitative estimate of drug-likeness (QED) is 0.559. The van der Waals surface area contributed by atoms with E-state index in [1.165, 1.54) is 6.07 Å². The second-order valence-electron chi connectivity index (χ2n) is 5.80. The Kier molecular flexibility index (Phi) is 5.49. The van der Waals surface area contributed by atoms with Crippen LogP contribution in [-0.2, 0) is 10.0 Å². The molecule has 136 valence electrons. The highest BCUT2D eigenvalue weighted by Crippen LogP contribution is 2.25. The smallest absolute Gasteiger partial charge is 0.255 e. The zero-order valence-electron chi connectivity index (χ0n) is 14.4. The minimum atomic E-state index is -3.68. The summed E-state index contributed by atoms with van der Waals surface area (Å²) in [5.41, 5.74) is 1.45. The molecule has 0 unspecified atom stereocenters. The van der Waals surface area contributed by atoms with Crippen molar-refractivity contribution in [2.75, 3.05) is 0 Å². The maximum Gasteiger partial charge on any atom is 0.255 e. The van der Waals surface area contributed by atoms with E-state index in [0.29, 0.717) is 5.56 Å². The first-order valence-electron chi connectivity index (χ1n) is 8.20. The van der Waals surface area contributed by atoms with E-state index in [-0.39, 0.29) is 10.5 Å². The third-order valence-electron chi connectivity index (χ3n) is 3.96. The van der Waals surface area contributed by atoms with Crippen molar-refractivity contribution in [3.8, 4) is 11.1 Å². The van der Waals surface area contributed by atoms with Gasteiger partial charge in [0.1, 0.15) is 0 Å². The maximum absolute atomic E-state index is 11.4. The molecule has 1 heterocycles. The predicted octanol–water partition coefficient (Wildman–Crippen LogP) is 3.53. The summed E-state index contributed by atoms with van der Waals surface area (Å²) in [5.74, 6) is 0. The van der Waals surface area contributed by atoms with Gasteiger partial charge in [-0.1, -0.05) is 66.7 Å². The van der Waals surface area contributed by atoms with Crippen LogP contribution in [0.3, 0.4) is 0 Å². The number of aromatic amines is 1. The van der Waals surface area contributed by atoms with E-state index in [9.17, 15) is 13.2 Å². The minimum Gasteiger partial charge on any atom is -0.329 e. The average molecular weight is 378 g/mol. The summed E-state index contributed by atoms with van der Waals surface area (Å²) in [7, 11) is -3.68. The number of aromatic nitrogens is 1. The molecule has 0 bridgehead atoms. The molecule has 0 aliphatic carbocycles. The number of hydrogen-bond donors (Lipinski definition) is 2. The number of nitrogens with one attached hydrogen (secondary N) is 1. The topological polar surface area (TPSA) is 93.0 Å². The van der Waals surface area contributed by atoms with Gasteiger partial charge in [0.15, 0.2) is 0 Å². The lowest BCUT2D eigenvalue weighted by atomic mass is 10.1. The molecule has 0 saturated carbocycles. The summed E-state index contributed by atoms with van der Waals surface area (Å²) < 4.78 is 22.8. The molecule has 6 heteroatoms. The highest BCUT2D eigenvalue weighted by molar-refractivity contribution is 7.89. The predicted molar refractivity (Wildman–Crippen MR) is 108 cm³/mol. The molecule has 0 spiro atoms. The number of H-pyrrole nitrogens is 1. The average Bonchev–Trinajstić information content (AvgIpc) is 2.69. The Morgan fingerprint density at radius 3 is 2.07 bits per heavy atom. The van der Waals surface area contributed by atoms with Crippen molar-refractivity contribution in [1.82, 2.24) is 4.98 Å². The number of hydrogen-bond acceptors (Lipinski definition) is 3. The van der Waals surface area contributed by atoms with Crippen molar-refractivity contribution in [1.29, 1.82) is 0 Å². The molecular formula is C21H18N2O3S. The van der Waals surface area contributed by atoms with Crippen LogP contribution in [0.4, 0.5) is 0 Å². The lowest BCUT2D eigenvalue weighted by Crippen LogP contribution is -2.13. The summed E-state index contributed by atoms with van der Waals surface area (Å²) in [5, 5.41) is 6.90. The molecule has 5 nitrogen and oxygen atoms in total. The summed E-state index contributed by atoms with van der Waals surface area (Å²) >= 11 is 0. The number of sulfonamides is 1. The monoisotopic (exact) mass is 378 g/mol. The molecule has 0 fully saturated rings. The van der Waals surface area contributed by atoms with Crippen LogP contribution in [-0.4, -0.2) is 13.4 Å². The first-order valence-corrected chi connectivity index (χ1v) is 9.75. The molecule has 3 aromatic carbocycles. The van der Waals surface area contributed by atoms with E-state index < -0.39 is 10.0 Å². The molecule has 0 atom stereocenters. The number of nitrogens with two attached hydrogens (primary N) is 1. The lowest BCUT2D eigenvalue weighted by molar-refractivity contribution is 0.598. The van der Waals surface area contributed by atoms with Gasteiger partial charge >= 0.3 is 0 Å². The van der Waals surface area contributed by atoms with Gasteiger partial charge in [0.25, 0.3) is 5.56 Å². The van der Waals surface area contributed by atoms with E-state index in [1.807, 2.05) is 60.7 Å². The maximum atomic E-state index is 11.4. The zero-order valence-corrected chi connectivity index (χ0v) is 15.2. The molecule has 0 radical (unpaired) electrons. The summed E-state index contributed by atoms with van der Waals surface area (Å²) in [6, 6.07) is 25.4. The van der Waals surface area contributed by atoms with Gasteiger partial charge in [-0.3, -0.25) is 4.79 Å². The Bertz CT molecular complexity index is 1210. The summed E-state index contributed by atoms with van der Waals surface area (Å²) in [6.07, 6.45) is 1.66. The SMILES string of the molecule is NS(=O)(=O)c1ccccc1-c1ccccc1.O=c1[nH]ccc2ccccc12. The second-order valence-corrected chi connectivity index (χ2v) is 7.33. The normalized spacial score (nSPS) is 10.9. The number of rotatable bonds is 2. The van der Waals surface area contributed by atoms with E-state index in [2.05, 4.69) is 4.98 Å². The van der Waals surface area contributed by atoms with Crippen LogP contribution in [0.15, 0.2) is 101 Å². The van der Waals surface area contributed by atoms with Gasteiger partial charge in [0.05, 0.1) is 4.90 Å². The van der Waals surface area contributed by atoms with Crippen LogP contribution in [0.2, 0.25) is 0 Å². The lowest BCUT2D eigenvalue weighted by Gasteiger charge is -2.07. The Labute approximate surface area is 157 Å². The van der Waals surface area contributed by atoms with Crippen molar-refractivity contribution >= 4 is 20.8 Å². The Balaban J connectivity index is 0.000000166. The van der Waals surface area contributed by atoms with Crippen molar-refractivity contribution in [2.45, 2.75) is 4.90 Å². The van der Waals surface area contributed by atoms with Crippen LogP contribution in [0.1, 0.15) is 0 Å². The number of pyridine rings is 1. The van der Waals surface area contributed by atoms with Crippen LogP contribution < -0.4 is 10.7 Å². The largest absolute Gasteiger partial charge is 0.329 e. The molecular weight excluding hydrogens is 360 g/mol. The second kappa shape index (κ2) is 7.99. The minimum absolute atomic E-state index is 0.0249. The van der Waals surface area contributed by atoms with Gasteiger partial charge in [-0.25, -0.2) is 13.6 Å². The third-order valence-corrected chi connectivity index (χ3v) is 4.93. The third kappa shape index (κ3) is 4.49. The van der Waals surface area contributed by atoms with Gasteiger partial charge in [-0.05, 0) is 29.1 Å². The molecule has 0 saturated heterocycles. The first-order chi connectivity index (χ1) is 13.0. The zero-order chi connectivity index (χ0) is 19.3. The Hall–Kier alpha value is -3.22. The van der Waals surface area contributed by atoms with Crippen LogP contribution >= 0.6 is 0 Å². The van der Waals surface area contributed by atoms with Crippen molar-refractivity contribution in [2.24, 2.45) is 5.14 Å². The van der Waals surface area contributed by atoms with Crippen molar-refractivity contribution in [3.05, 3.63) is 101 Å². The van der Waals surface area contributed by atoms with Gasteiger partial charge < -0.3 is 4.98 Å². The van der Waals surface area contributed by atoms with E-state index in [1.54, 1.807) is 24.4 Å². The standard InChI is InChI=1S/C12H11NO2S.C9H7NO/c13-16(14,15)12-9-5-4-8-11(12)10-6-2-1-3-7-10;11-9-8-4-2-1-3-7(8)5-6-10-9/h1-9H,(H2,13,14,15);1-6H,(H,10,11). The number of benzene rings is 3. The van der Waals surface area contributed by atoms with Gasteiger partial charge in [0, 0.05) is 17.1 Å². The first kappa shape index (κ1) is 18.6. The fraction of sp³-hybridized carbons (Fsp3) is 0. The van der Waals surface area contributed by atoms with Crippen LogP contribution in [0, 0.1) is 0 Å². The van der Waals surface area contributed by atoms with Gasteiger partial charge in [0.2, 0.25) is 10.0 Å². The van der Waals surface area contributed by atoms with Gasteiger partial charge in [-0.15, -0.1) is 0 Å². The molecule has 3 N–H and O–H groups in total. The molecule has 4 rings (SSSR count). The van der Waals surface area contributed by atoms with Crippen LogP contribution in [0.25, 0.3) is 21.9 Å². The fourth-order valence-electron chi connectivity index (χ4n) is 2.70. The number of fused-ring (bicyclic) bond motifs is 1. The molecule has 4 aromatic rings. The van der Waals surface area contributed by atoms with Crippen molar-refractivity contribution < 1.29 is 8.42 Å². The van der Waals surface area contributed by atoms with Crippen LogP contribution in [0.5, 0.6) is 0 Å². The Morgan fingerprint density at radius 2 is 1.37 bits per heavy atom. The van der Waals surface area contributed by atoms with Gasteiger partial charge in [-0.2, -0.15) is 0 Å². The number of primary sulfonamides is 1. The molecule has 1 aromatic heterocycles. The molecule has 0 amide bonds. The summed E-state index contributed by atoms with van der Waals surface area (Å²) in [4.78, 5) is 13.9.